The van der Waals surface area contributed by atoms with Gasteiger partial charge in [0.1, 0.15) is 5.75 Å². The summed E-state index contributed by atoms with van der Waals surface area (Å²) in [6.07, 6.45) is -0.515. The summed E-state index contributed by atoms with van der Waals surface area (Å²) in [7, 11) is 4.03. The van der Waals surface area contributed by atoms with Gasteiger partial charge in [0.15, 0.2) is 0 Å². The molecule has 0 spiro atoms. The van der Waals surface area contributed by atoms with Gasteiger partial charge in [0.2, 0.25) is 0 Å². The van der Waals surface area contributed by atoms with E-state index in [9.17, 15) is 4.79 Å². The van der Waals surface area contributed by atoms with Crippen molar-refractivity contribution < 1.29 is 9.53 Å². The molecule has 3 rings (SSSR count). The normalized spacial score (nSPS) is 11.9. The van der Waals surface area contributed by atoms with Gasteiger partial charge in [-0.3, -0.25) is 5.32 Å². The predicted molar refractivity (Wildman–Crippen MR) is 120 cm³/mol. The van der Waals surface area contributed by atoms with Crippen molar-refractivity contribution in [1.29, 1.82) is 0 Å². The zero-order valence-electron chi connectivity index (χ0n) is 16.8. The number of rotatable bonds is 6. The van der Waals surface area contributed by atoms with Crippen LogP contribution in [0, 0.1) is 0 Å². The number of hydrogen-bond donors (Lipinski definition) is 2. The van der Waals surface area contributed by atoms with Gasteiger partial charge in [-0.1, -0.05) is 23.9 Å². The molecule has 1 unspecified atom stereocenters. The number of amides is 1. The van der Waals surface area contributed by atoms with Crippen LogP contribution in [0.25, 0.3) is 0 Å². The Bertz CT molecular complexity index is 957. The summed E-state index contributed by atoms with van der Waals surface area (Å²) in [5, 5.41) is 2.76. The van der Waals surface area contributed by atoms with E-state index < -0.39 is 6.09 Å². The average Bonchev–Trinajstić information content (AvgIpc) is 2.70. The van der Waals surface area contributed by atoms with E-state index >= 15 is 0 Å². The summed E-state index contributed by atoms with van der Waals surface area (Å²) in [5.74, 6) is 0.518. The van der Waals surface area contributed by atoms with Gasteiger partial charge in [0.25, 0.3) is 0 Å². The van der Waals surface area contributed by atoms with E-state index in [0.717, 1.165) is 21.0 Å². The fourth-order valence-corrected chi connectivity index (χ4v) is 3.48. The van der Waals surface area contributed by atoms with Crippen molar-refractivity contribution in [2.75, 3.05) is 25.1 Å². The average molecular weight is 408 g/mol. The summed E-state index contributed by atoms with van der Waals surface area (Å²) in [6, 6.07) is 23.1. The number of anilines is 2. The smallest absolute Gasteiger partial charge is 0.410 e. The first kappa shape index (κ1) is 20.8. The molecular formula is C23H25N3O2S. The molecular weight excluding hydrogens is 382 g/mol. The zero-order valence-corrected chi connectivity index (χ0v) is 17.6. The van der Waals surface area contributed by atoms with Crippen LogP contribution in [-0.2, 0) is 0 Å². The third-order valence-corrected chi connectivity index (χ3v) is 5.56. The highest BCUT2D eigenvalue weighted by Crippen LogP contribution is 2.29. The molecule has 0 aliphatic carbocycles. The minimum atomic E-state index is -0.515. The van der Waals surface area contributed by atoms with Gasteiger partial charge in [0, 0.05) is 27.2 Å². The van der Waals surface area contributed by atoms with E-state index in [1.54, 1.807) is 17.8 Å². The van der Waals surface area contributed by atoms with Crippen molar-refractivity contribution in [3.8, 4) is 5.75 Å². The van der Waals surface area contributed by atoms with Crippen molar-refractivity contribution in [2.45, 2.75) is 22.8 Å². The molecule has 0 saturated carbocycles. The van der Waals surface area contributed by atoms with Gasteiger partial charge < -0.3 is 15.4 Å². The fourth-order valence-electron chi connectivity index (χ4n) is 2.66. The Kier molecular flexibility index (Phi) is 6.80. The van der Waals surface area contributed by atoms with Gasteiger partial charge in [0.05, 0.1) is 0 Å². The molecule has 1 atom stereocenters. The molecule has 0 saturated heterocycles. The third kappa shape index (κ3) is 6.01. The zero-order chi connectivity index (χ0) is 20.8. The van der Waals surface area contributed by atoms with E-state index in [2.05, 4.69) is 17.1 Å². The van der Waals surface area contributed by atoms with Gasteiger partial charge in [-0.05, 0) is 87.2 Å². The van der Waals surface area contributed by atoms with Crippen LogP contribution in [0.4, 0.5) is 16.2 Å². The molecule has 0 heterocycles. The van der Waals surface area contributed by atoms with E-state index in [0.29, 0.717) is 11.4 Å². The van der Waals surface area contributed by atoms with Crippen molar-refractivity contribution in [2.24, 2.45) is 0 Å². The van der Waals surface area contributed by atoms with E-state index in [1.165, 1.54) is 0 Å². The number of nitrogens with two attached hydrogens (primary N) is 1. The molecule has 29 heavy (non-hydrogen) atoms. The fraction of sp³-hybridized carbons (Fsp3) is 0.174. The quantitative estimate of drug-likeness (QED) is 0.517. The summed E-state index contributed by atoms with van der Waals surface area (Å²) >= 11 is 1.63. The number of hydrogen-bond acceptors (Lipinski definition) is 5. The molecule has 3 aromatic carbocycles. The second-order valence-corrected chi connectivity index (χ2v) is 8.07. The van der Waals surface area contributed by atoms with Crippen molar-refractivity contribution in [3.63, 3.8) is 0 Å². The molecule has 6 heteroatoms. The lowest BCUT2D eigenvalue weighted by Crippen LogP contribution is -2.18. The van der Waals surface area contributed by atoms with Crippen LogP contribution in [-0.4, -0.2) is 25.1 Å². The summed E-state index contributed by atoms with van der Waals surface area (Å²) in [5.41, 5.74) is 8.22. The molecule has 0 aromatic heterocycles. The van der Waals surface area contributed by atoms with Crippen LogP contribution in [0.1, 0.15) is 18.5 Å². The van der Waals surface area contributed by atoms with Gasteiger partial charge in [-0.25, -0.2) is 4.79 Å². The van der Waals surface area contributed by atoms with E-state index in [4.69, 9.17) is 10.5 Å². The highest BCUT2D eigenvalue weighted by Gasteiger charge is 2.11. The van der Waals surface area contributed by atoms with Crippen molar-refractivity contribution in [1.82, 2.24) is 4.90 Å². The number of ether oxygens (including phenoxy) is 1. The van der Waals surface area contributed by atoms with Crippen LogP contribution in [0.3, 0.4) is 0 Å². The Morgan fingerprint density at radius 1 is 1.00 bits per heavy atom. The first-order valence-electron chi connectivity index (χ1n) is 9.29. The third-order valence-electron chi connectivity index (χ3n) is 4.54. The summed E-state index contributed by atoms with van der Waals surface area (Å²) in [4.78, 5) is 16.5. The van der Waals surface area contributed by atoms with Crippen LogP contribution < -0.4 is 15.8 Å². The molecule has 150 valence electrons. The largest absolute Gasteiger partial charge is 0.417 e. The number of nitrogen functional groups attached to an aromatic ring is 1. The summed E-state index contributed by atoms with van der Waals surface area (Å²) < 4.78 is 5.44. The standard InChI is InChI=1S/C23H25N3O2S/c1-16(26(2)3)17-5-4-6-20(15-17)28-23(27)25-19-9-13-22(14-10-19)29-21-11-7-18(24)8-12-21/h4-16H,24H2,1-3H3,(H,25,27). The molecule has 1 amide bonds. The maximum Gasteiger partial charge on any atom is 0.417 e. The lowest BCUT2D eigenvalue weighted by Gasteiger charge is -2.20. The predicted octanol–water partition coefficient (Wildman–Crippen LogP) is 5.65. The maximum atomic E-state index is 12.2. The minimum Gasteiger partial charge on any atom is -0.410 e. The van der Waals surface area contributed by atoms with Gasteiger partial charge in [-0.2, -0.15) is 0 Å². The SMILES string of the molecule is CC(c1cccc(OC(=O)Nc2ccc(Sc3ccc(N)cc3)cc2)c1)N(C)C. The van der Waals surface area contributed by atoms with E-state index in [-0.39, 0.29) is 6.04 Å². The van der Waals surface area contributed by atoms with Gasteiger partial charge in [-0.15, -0.1) is 0 Å². The van der Waals surface area contributed by atoms with Crippen LogP contribution >= 0.6 is 11.8 Å². The number of nitrogens with zero attached hydrogens (tertiary/aromatic N) is 1. The number of nitrogens with one attached hydrogen (secondary N) is 1. The van der Waals surface area contributed by atoms with Crippen molar-refractivity contribution in [3.05, 3.63) is 78.4 Å². The highest BCUT2D eigenvalue weighted by molar-refractivity contribution is 7.99. The molecule has 3 N–H and O–H groups in total. The molecule has 0 fully saturated rings. The Morgan fingerprint density at radius 2 is 1.62 bits per heavy atom. The number of benzene rings is 3. The first-order chi connectivity index (χ1) is 13.9. The lowest BCUT2D eigenvalue weighted by molar-refractivity contribution is 0.215. The summed E-state index contributed by atoms with van der Waals surface area (Å²) in [6.45, 7) is 2.10. The van der Waals surface area contributed by atoms with E-state index in [1.807, 2.05) is 80.8 Å². The Balaban J connectivity index is 1.58. The maximum absolute atomic E-state index is 12.2. The van der Waals surface area contributed by atoms with Crippen LogP contribution in [0.2, 0.25) is 0 Å². The van der Waals surface area contributed by atoms with Crippen LogP contribution in [0.5, 0.6) is 5.75 Å². The topological polar surface area (TPSA) is 67.6 Å². The van der Waals surface area contributed by atoms with Crippen molar-refractivity contribution >= 4 is 29.2 Å². The number of carbonyl (C=O) groups excluding carboxylic acids is 1. The second-order valence-electron chi connectivity index (χ2n) is 6.92. The Labute approximate surface area is 175 Å². The minimum absolute atomic E-state index is 0.229. The Morgan fingerprint density at radius 3 is 2.24 bits per heavy atom. The molecule has 0 bridgehead atoms. The molecule has 0 aliphatic rings. The Hall–Kier alpha value is -2.96. The van der Waals surface area contributed by atoms with Gasteiger partial charge >= 0.3 is 6.09 Å². The molecule has 0 radical (unpaired) electrons. The monoisotopic (exact) mass is 407 g/mol. The van der Waals surface area contributed by atoms with Crippen LogP contribution in [0.15, 0.2) is 82.6 Å². The molecule has 3 aromatic rings. The molecule has 0 aliphatic heterocycles. The number of carbonyl (C=O) groups is 1. The second kappa shape index (κ2) is 9.49. The highest BCUT2D eigenvalue weighted by atomic mass is 32.2. The molecule has 5 nitrogen and oxygen atoms in total. The lowest BCUT2D eigenvalue weighted by atomic mass is 10.1. The first-order valence-corrected chi connectivity index (χ1v) is 10.1.